The fourth-order valence-electron chi connectivity index (χ4n) is 1.83. The third-order valence-electron chi connectivity index (χ3n) is 2.58. The lowest BCUT2D eigenvalue weighted by Crippen LogP contribution is -2.31. The van der Waals surface area contributed by atoms with Crippen molar-refractivity contribution in [2.45, 2.75) is 32.1 Å². The van der Waals surface area contributed by atoms with Gasteiger partial charge in [0.2, 0.25) is 0 Å². The molecule has 0 saturated carbocycles. The molecule has 1 heterocycles. The topological polar surface area (TPSA) is 83.1 Å². The fraction of sp³-hybridized carbons (Fsp3) is 0.636. The monoisotopic (exact) mass is 307 g/mol. The van der Waals surface area contributed by atoms with E-state index in [1.165, 1.54) is 4.90 Å². The number of nitrogens with one attached hydrogen (secondary N) is 1. The zero-order valence-corrected chi connectivity index (χ0v) is 13.0. The Morgan fingerprint density at radius 3 is 2.47 bits per heavy atom. The van der Waals surface area contributed by atoms with Gasteiger partial charge in [0.25, 0.3) is 15.0 Å². The van der Waals surface area contributed by atoms with Gasteiger partial charge in [-0.05, 0) is 12.3 Å². The molecule has 8 heteroatoms. The Labute approximate surface area is 117 Å². The molecular weight excluding hydrogens is 290 g/mol. The van der Waals surface area contributed by atoms with E-state index in [0.29, 0.717) is 18.7 Å². The molecule has 1 rings (SSSR count). The molecule has 1 amide bonds. The molecule has 1 N–H and O–H groups in total. The van der Waals surface area contributed by atoms with Crippen LogP contribution in [0.5, 0.6) is 0 Å². The highest BCUT2D eigenvalue weighted by molar-refractivity contribution is 8.13. The Kier molecular flexibility index (Phi) is 4.98. The normalized spacial score (nSPS) is 11.9. The molecule has 1 aromatic heterocycles. The summed E-state index contributed by atoms with van der Waals surface area (Å²) >= 11 is 0. The van der Waals surface area contributed by atoms with Gasteiger partial charge in [-0.15, -0.1) is 0 Å². The van der Waals surface area contributed by atoms with Gasteiger partial charge in [0, 0.05) is 24.3 Å². The van der Waals surface area contributed by atoms with E-state index in [4.69, 9.17) is 10.7 Å². The Balaban J connectivity index is 3.22. The third-order valence-corrected chi connectivity index (χ3v) is 3.97. The summed E-state index contributed by atoms with van der Waals surface area (Å²) in [6, 6.07) is 0. The van der Waals surface area contributed by atoms with Crippen LogP contribution in [0.4, 0.5) is 0 Å². The number of hydrogen-bond donors (Lipinski definition) is 1. The van der Waals surface area contributed by atoms with Gasteiger partial charge in [0.15, 0.2) is 5.69 Å². The van der Waals surface area contributed by atoms with Crippen LogP contribution in [0, 0.1) is 5.92 Å². The molecule has 0 aliphatic carbocycles. The maximum absolute atomic E-state index is 12.2. The smallest absolute Gasteiger partial charge is 0.275 e. The van der Waals surface area contributed by atoms with Crippen molar-refractivity contribution in [2.24, 2.45) is 5.92 Å². The van der Waals surface area contributed by atoms with Crippen LogP contribution in [0.2, 0.25) is 0 Å². The van der Waals surface area contributed by atoms with Gasteiger partial charge in [-0.1, -0.05) is 20.8 Å². The molecule has 0 unspecified atom stereocenters. The van der Waals surface area contributed by atoms with Gasteiger partial charge in [0.1, 0.15) is 4.90 Å². The van der Waals surface area contributed by atoms with Gasteiger partial charge in [-0.3, -0.25) is 9.89 Å². The molecule has 0 aliphatic rings. The Hall–Kier alpha value is -1.08. The highest BCUT2D eigenvalue weighted by Gasteiger charge is 2.29. The maximum atomic E-state index is 12.2. The van der Waals surface area contributed by atoms with Crippen LogP contribution in [0.3, 0.4) is 0 Å². The first-order valence-corrected chi connectivity index (χ1v) is 8.26. The Bertz CT molecular complexity index is 566. The fourth-order valence-corrected chi connectivity index (χ4v) is 3.17. The van der Waals surface area contributed by atoms with Crippen LogP contribution in [0.15, 0.2) is 4.90 Å². The van der Waals surface area contributed by atoms with Crippen molar-refractivity contribution >= 4 is 25.6 Å². The maximum Gasteiger partial charge on any atom is 0.275 e. The van der Waals surface area contributed by atoms with E-state index in [0.717, 1.165) is 0 Å². The minimum atomic E-state index is -4.01. The standard InChI is InChI=1S/C11H18ClN3O3S/c1-5-8-10(19(12,17)18)9(14-13-8)11(16)15(4)6-7(2)3/h7H,5-6H2,1-4H3,(H,13,14). The summed E-state index contributed by atoms with van der Waals surface area (Å²) in [6.07, 6.45) is 0.398. The molecule has 1 aromatic rings. The summed E-state index contributed by atoms with van der Waals surface area (Å²) in [5.41, 5.74) is 0.200. The first kappa shape index (κ1) is 16.0. The van der Waals surface area contributed by atoms with Gasteiger partial charge in [-0.2, -0.15) is 5.10 Å². The Morgan fingerprint density at radius 1 is 1.47 bits per heavy atom. The molecule has 0 fully saturated rings. The van der Waals surface area contributed by atoms with Crippen LogP contribution in [-0.2, 0) is 15.5 Å². The lowest BCUT2D eigenvalue weighted by Gasteiger charge is -2.18. The zero-order chi connectivity index (χ0) is 14.8. The quantitative estimate of drug-likeness (QED) is 0.838. The second-order valence-electron chi connectivity index (χ2n) is 4.75. The molecule has 0 saturated heterocycles. The number of nitrogens with zero attached hydrogens (tertiary/aromatic N) is 2. The van der Waals surface area contributed by atoms with Crippen molar-refractivity contribution in [1.29, 1.82) is 0 Å². The van der Waals surface area contributed by atoms with Crippen LogP contribution in [-0.4, -0.2) is 43.0 Å². The summed E-state index contributed by atoms with van der Waals surface area (Å²) in [5, 5.41) is 6.36. The van der Waals surface area contributed by atoms with Crippen LogP contribution >= 0.6 is 10.7 Å². The van der Waals surface area contributed by atoms with E-state index in [-0.39, 0.29) is 16.5 Å². The molecule has 108 valence electrons. The van der Waals surface area contributed by atoms with E-state index in [9.17, 15) is 13.2 Å². The van der Waals surface area contributed by atoms with Gasteiger partial charge in [-0.25, -0.2) is 8.42 Å². The number of H-pyrrole nitrogens is 1. The minimum absolute atomic E-state index is 0.144. The number of carbonyl (C=O) groups is 1. The lowest BCUT2D eigenvalue weighted by molar-refractivity contribution is 0.0769. The number of aromatic amines is 1. The number of aromatic nitrogens is 2. The molecule has 6 nitrogen and oxygen atoms in total. The lowest BCUT2D eigenvalue weighted by atomic mass is 10.2. The SMILES string of the molecule is CCc1[nH]nc(C(=O)N(C)CC(C)C)c1S(=O)(=O)Cl. The van der Waals surface area contributed by atoms with Crippen molar-refractivity contribution in [2.75, 3.05) is 13.6 Å². The molecule has 0 aliphatic heterocycles. The zero-order valence-electron chi connectivity index (χ0n) is 11.4. The molecule has 0 spiro atoms. The van der Waals surface area contributed by atoms with E-state index >= 15 is 0 Å². The number of halogens is 1. The minimum Gasteiger partial charge on any atom is -0.340 e. The summed E-state index contributed by atoms with van der Waals surface area (Å²) in [5.74, 6) is -0.182. The third kappa shape index (κ3) is 3.70. The molecule has 0 atom stereocenters. The van der Waals surface area contributed by atoms with Crippen LogP contribution < -0.4 is 0 Å². The van der Waals surface area contributed by atoms with E-state index in [2.05, 4.69) is 10.2 Å². The Morgan fingerprint density at radius 2 is 2.05 bits per heavy atom. The van der Waals surface area contributed by atoms with Crippen molar-refractivity contribution in [3.8, 4) is 0 Å². The number of carbonyl (C=O) groups excluding carboxylic acids is 1. The predicted molar refractivity (Wildman–Crippen MR) is 72.8 cm³/mol. The van der Waals surface area contributed by atoms with Crippen LogP contribution in [0.25, 0.3) is 0 Å². The van der Waals surface area contributed by atoms with Crippen molar-refractivity contribution < 1.29 is 13.2 Å². The first-order valence-electron chi connectivity index (χ1n) is 5.95. The van der Waals surface area contributed by atoms with Crippen molar-refractivity contribution in [3.63, 3.8) is 0 Å². The van der Waals surface area contributed by atoms with Gasteiger partial charge < -0.3 is 4.90 Å². The van der Waals surface area contributed by atoms with Crippen molar-refractivity contribution in [3.05, 3.63) is 11.4 Å². The number of amides is 1. The molecule has 19 heavy (non-hydrogen) atoms. The predicted octanol–water partition coefficient (Wildman–Crippen LogP) is 1.63. The van der Waals surface area contributed by atoms with Crippen molar-refractivity contribution in [1.82, 2.24) is 15.1 Å². The summed E-state index contributed by atoms with van der Waals surface area (Å²) in [4.78, 5) is 13.4. The van der Waals surface area contributed by atoms with Gasteiger partial charge >= 0.3 is 0 Å². The highest BCUT2D eigenvalue weighted by Crippen LogP contribution is 2.24. The largest absolute Gasteiger partial charge is 0.340 e. The van der Waals surface area contributed by atoms with Crippen LogP contribution in [0.1, 0.15) is 37.0 Å². The number of aryl methyl sites for hydroxylation is 1. The molecule has 0 aromatic carbocycles. The number of rotatable bonds is 5. The summed E-state index contributed by atoms with van der Waals surface area (Å²) in [6.45, 7) is 6.19. The molecular formula is C11H18ClN3O3S. The van der Waals surface area contributed by atoms with E-state index in [1.54, 1.807) is 14.0 Å². The molecule has 0 radical (unpaired) electrons. The first-order chi connectivity index (χ1) is 8.68. The average molecular weight is 308 g/mol. The van der Waals surface area contributed by atoms with E-state index < -0.39 is 15.0 Å². The summed E-state index contributed by atoms with van der Waals surface area (Å²) < 4.78 is 23.2. The second-order valence-corrected chi connectivity index (χ2v) is 7.25. The highest BCUT2D eigenvalue weighted by atomic mass is 35.7. The molecule has 0 bridgehead atoms. The van der Waals surface area contributed by atoms with Gasteiger partial charge in [0.05, 0.1) is 5.69 Å². The summed E-state index contributed by atoms with van der Waals surface area (Å²) in [7, 11) is 2.98. The van der Waals surface area contributed by atoms with E-state index in [1.807, 2.05) is 13.8 Å². The second kappa shape index (κ2) is 5.92. The number of hydrogen-bond acceptors (Lipinski definition) is 4. The average Bonchev–Trinajstić information content (AvgIpc) is 2.70.